The number of hydrogen-bond donors (Lipinski definition) is 1. The fourth-order valence-electron chi connectivity index (χ4n) is 1.56. The minimum Gasteiger partial charge on any atom is -0.356 e. The van der Waals surface area contributed by atoms with Crippen LogP contribution in [0.15, 0.2) is 0 Å². The maximum Gasteiger partial charge on any atom is 0.223 e. The molecule has 1 N–H and O–H groups in total. The van der Waals surface area contributed by atoms with Gasteiger partial charge in [0.1, 0.15) is 0 Å². The molecule has 1 rings (SSSR count). The molecule has 0 heterocycles. The van der Waals surface area contributed by atoms with E-state index < -0.39 is 0 Å². The molecule has 1 atom stereocenters. The maximum atomic E-state index is 11.5. The van der Waals surface area contributed by atoms with Gasteiger partial charge in [-0.15, -0.1) is 0 Å². The molecule has 1 aliphatic rings. The van der Waals surface area contributed by atoms with Gasteiger partial charge < -0.3 is 5.32 Å². The molecule has 0 aromatic carbocycles. The highest BCUT2D eigenvalue weighted by molar-refractivity contribution is 5.78. The topological polar surface area (TPSA) is 29.1 Å². The van der Waals surface area contributed by atoms with Gasteiger partial charge in [0.2, 0.25) is 5.91 Å². The quantitative estimate of drug-likeness (QED) is 0.629. The van der Waals surface area contributed by atoms with Crippen molar-refractivity contribution >= 4 is 5.91 Å². The zero-order valence-corrected chi connectivity index (χ0v) is 8.81. The molecule has 1 saturated carbocycles. The van der Waals surface area contributed by atoms with Crippen LogP contribution in [0, 0.1) is 11.8 Å². The van der Waals surface area contributed by atoms with Crippen LogP contribution in [-0.4, -0.2) is 12.5 Å². The third-order valence-electron chi connectivity index (χ3n) is 2.82. The molecule has 0 radical (unpaired) electrons. The second-order valence-electron chi connectivity index (χ2n) is 4.12. The Balaban J connectivity index is 2.02. The summed E-state index contributed by atoms with van der Waals surface area (Å²) in [6.07, 6.45) is 6.07. The summed E-state index contributed by atoms with van der Waals surface area (Å²) in [5.41, 5.74) is 0. The summed E-state index contributed by atoms with van der Waals surface area (Å²) in [4.78, 5) is 11.5. The molecule has 0 saturated heterocycles. The second-order valence-corrected chi connectivity index (χ2v) is 4.12. The Bertz CT molecular complexity index is 163. The van der Waals surface area contributed by atoms with Crippen LogP contribution in [0.3, 0.4) is 0 Å². The van der Waals surface area contributed by atoms with Crippen molar-refractivity contribution in [3.63, 3.8) is 0 Å². The van der Waals surface area contributed by atoms with Gasteiger partial charge in [0.25, 0.3) is 0 Å². The lowest BCUT2D eigenvalue weighted by atomic mass is 10.1. The van der Waals surface area contributed by atoms with Crippen molar-refractivity contribution in [2.24, 2.45) is 11.8 Å². The first-order valence-electron chi connectivity index (χ1n) is 5.53. The molecule has 1 amide bonds. The average molecular weight is 183 g/mol. The van der Waals surface area contributed by atoms with Gasteiger partial charge in [-0.2, -0.15) is 0 Å². The smallest absolute Gasteiger partial charge is 0.223 e. The standard InChI is InChI=1S/C11H21NO/c1-3-4-5-8-12-11(13)9(2)10-6-7-10/h9-10H,3-8H2,1-2H3,(H,12,13). The number of hydrogen-bond acceptors (Lipinski definition) is 1. The van der Waals surface area contributed by atoms with Gasteiger partial charge in [0.15, 0.2) is 0 Å². The van der Waals surface area contributed by atoms with E-state index in [0.29, 0.717) is 5.92 Å². The van der Waals surface area contributed by atoms with Gasteiger partial charge in [0, 0.05) is 12.5 Å². The van der Waals surface area contributed by atoms with E-state index in [9.17, 15) is 4.79 Å². The Morgan fingerprint density at radius 1 is 1.46 bits per heavy atom. The molecule has 2 nitrogen and oxygen atoms in total. The van der Waals surface area contributed by atoms with Crippen molar-refractivity contribution < 1.29 is 4.79 Å². The molecule has 0 aliphatic heterocycles. The molecule has 76 valence electrons. The third kappa shape index (κ3) is 3.79. The predicted octanol–water partition coefficient (Wildman–Crippen LogP) is 2.34. The van der Waals surface area contributed by atoms with Gasteiger partial charge in [0.05, 0.1) is 0 Å². The van der Waals surface area contributed by atoms with E-state index in [4.69, 9.17) is 0 Å². The summed E-state index contributed by atoms with van der Waals surface area (Å²) in [6.45, 7) is 5.09. The maximum absolute atomic E-state index is 11.5. The lowest BCUT2D eigenvalue weighted by molar-refractivity contribution is -0.125. The Hall–Kier alpha value is -0.530. The van der Waals surface area contributed by atoms with Gasteiger partial charge in [-0.3, -0.25) is 4.79 Å². The fraction of sp³-hybridized carbons (Fsp3) is 0.909. The van der Waals surface area contributed by atoms with Crippen molar-refractivity contribution in [3.05, 3.63) is 0 Å². The molecule has 1 aliphatic carbocycles. The van der Waals surface area contributed by atoms with Crippen molar-refractivity contribution in [3.8, 4) is 0 Å². The summed E-state index contributed by atoms with van der Waals surface area (Å²) in [5, 5.41) is 3.00. The molecule has 0 aromatic heterocycles. The SMILES string of the molecule is CCCCCNC(=O)C(C)C1CC1. The summed E-state index contributed by atoms with van der Waals surface area (Å²) in [6, 6.07) is 0. The molecule has 0 aromatic rings. The monoisotopic (exact) mass is 183 g/mol. The Morgan fingerprint density at radius 2 is 2.15 bits per heavy atom. The molecule has 0 spiro atoms. The minimum atomic E-state index is 0.252. The number of carbonyl (C=O) groups excluding carboxylic acids is 1. The van der Waals surface area contributed by atoms with Crippen LogP contribution in [-0.2, 0) is 4.79 Å². The van der Waals surface area contributed by atoms with Gasteiger partial charge in [-0.25, -0.2) is 0 Å². The molecule has 2 heteroatoms. The normalized spacial score (nSPS) is 18.3. The van der Waals surface area contributed by atoms with Crippen LogP contribution >= 0.6 is 0 Å². The highest BCUT2D eigenvalue weighted by Crippen LogP contribution is 2.36. The van der Waals surface area contributed by atoms with Gasteiger partial charge in [-0.1, -0.05) is 26.7 Å². The summed E-state index contributed by atoms with van der Waals surface area (Å²) < 4.78 is 0. The lowest BCUT2D eigenvalue weighted by Gasteiger charge is -2.10. The highest BCUT2D eigenvalue weighted by atomic mass is 16.1. The first-order valence-corrected chi connectivity index (χ1v) is 5.53. The van der Waals surface area contributed by atoms with Crippen molar-refractivity contribution in [1.29, 1.82) is 0 Å². The molecule has 0 bridgehead atoms. The summed E-state index contributed by atoms with van der Waals surface area (Å²) >= 11 is 0. The lowest BCUT2D eigenvalue weighted by Crippen LogP contribution is -2.30. The van der Waals surface area contributed by atoms with E-state index >= 15 is 0 Å². The predicted molar refractivity (Wildman–Crippen MR) is 54.4 cm³/mol. The van der Waals surface area contributed by atoms with Crippen LogP contribution in [0.2, 0.25) is 0 Å². The minimum absolute atomic E-state index is 0.252. The zero-order chi connectivity index (χ0) is 9.68. The van der Waals surface area contributed by atoms with Crippen LogP contribution in [0.25, 0.3) is 0 Å². The third-order valence-corrected chi connectivity index (χ3v) is 2.82. The van der Waals surface area contributed by atoms with Crippen LogP contribution in [0.1, 0.15) is 46.0 Å². The number of unbranched alkanes of at least 4 members (excludes halogenated alkanes) is 2. The number of nitrogens with one attached hydrogen (secondary N) is 1. The zero-order valence-electron chi connectivity index (χ0n) is 8.81. The van der Waals surface area contributed by atoms with Crippen molar-refractivity contribution in [2.75, 3.05) is 6.54 Å². The molecule has 1 fully saturated rings. The molecular weight excluding hydrogens is 162 g/mol. The largest absolute Gasteiger partial charge is 0.356 e. The Kier molecular flexibility index (Phi) is 4.26. The van der Waals surface area contributed by atoms with E-state index in [1.165, 1.54) is 25.7 Å². The van der Waals surface area contributed by atoms with Crippen LogP contribution in [0.4, 0.5) is 0 Å². The first-order chi connectivity index (χ1) is 6.25. The number of rotatable bonds is 6. The van der Waals surface area contributed by atoms with Crippen molar-refractivity contribution in [1.82, 2.24) is 5.32 Å². The van der Waals surface area contributed by atoms with Gasteiger partial charge in [-0.05, 0) is 25.2 Å². The Labute approximate surface area is 81.1 Å². The van der Waals surface area contributed by atoms with E-state index in [0.717, 1.165) is 13.0 Å². The second kappa shape index (κ2) is 5.25. The van der Waals surface area contributed by atoms with E-state index in [-0.39, 0.29) is 11.8 Å². The Morgan fingerprint density at radius 3 is 2.69 bits per heavy atom. The van der Waals surface area contributed by atoms with E-state index in [1.807, 2.05) is 6.92 Å². The molecule has 13 heavy (non-hydrogen) atoms. The van der Waals surface area contributed by atoms with E-state index in [2.05, 4.69) is 12.2 Å². The fourth-order valence-corrected chi connectivity index (χ4v) is 1.56. The first kappa shape index (κ1) is 10.6. The average Bonchev–Trinajstić information content (AvgIpc) is 2.94. The summed E-state index contributed by atoms with van der Waals surface area (Å²) in [7, 11) is 0. The van der Waals surface area contributed by atoms with Crippen molar-refractivity contribution in [2.45, 2.75) is 46.0 Å². The summed E-state index contributed by atoms with van der Waals surface area (Å²) in [5.74, 6) is 1.20. The van der Waals surface area contributed by atoms with E-state index in [1.54, 1.807) is 0 Å². The molecule has 1 unspecified atom stereocenters. The van der Waals surface area contributed by atoms with Gasteiger partial charge >= 0.3 is 0 Å². The highest BCUT2D eigenvalue weighted by Gasteiger charge is 2.32. The number of carbonyl (C=O) groups is 1. The van der Waals surface area contributed by atoms with Crippen LogP contribution in [0.5, 0.6) is 0 Å². The molecular formula is C11H21NO. The number of amides is 1. The van der Waals surface area contributed by atoms with Crippen LogP contribution < -0.4 is 5.32 Å².